The Balaban J connectivity index is 2.14. The number of likely N-dealkylation sites (tertiary alicyclic amines) is 1. The van der Waals surface area contributed by atoms with Gasteiger partial charge < -0.3 is 5.11 Å². The average molecular weight is 260 g/mol. The summed E-state index contributed by atoms with van der Waals surface area (Å²) in [7, 11) is 0. The third-order valence-electron chi connectivity index (χ3n) is 3.13. The van der Waals surface area contributed by atoms with Gasteiger partial charge in [-0.1, -0.05) is 29.3 Å². The molecule has 0 aromatic heterocycles. The smallest absolute Gasteiger partial charge is 0.0587 e. The molecule has 0 aliphatic carbocycles. The van der Waals surface area contributed by atoms with Crippen molar-refractivity contribution in [1.82, 2.24) is 4.90 Å². The zero-order valence-corrected chi connectivity index (χ0v) is 10.5. The number of hydrogen-bond acceptors (Lipinski definition) is 2. The van der Waals surface area contributed by atoms with Gasteiger partial charge in [0.25, 0.3) is 0 Å². The highest BCUT2D eigenvalue weighted by Crippen LogP contribution is 2.28. The molecule has 0 bridgehead atoms. The lowest BCUT2D eigenvalue weighted by molar-refractivity contribution is 0.153. The molecule has 0 spiro atoms. The Labute approximate surface area is 106 Å². The molecule has 16 heavy (non-hydrogen) atoms. The minimum Gasteiger partial charge on any atom is -0.395 e. The van der Waals surface area contributed by atoms with Crippen molar-refractivity contribution in [2.75, 3.05) is 13.2 Å². The second kappa shape index (κ2) is 5.37. The lowest BCUT2D eigenvalue weighted by Gasteiger charge is -2.23. The van der Waals surface area contributed by atoms with E-state index < -0.39 is 0 Å². The molecule has 4 heteroatoms. The van der Waals surface area contributed by atoms with Crippen molar-refractivity contribution in [2.24, 2.45) is 0 Å². The predicted molar refractivity (Wildman–Crippen MR) is 67.0 cm³/mol. The van der Waals surface area contributed by atoms with Crippen LogP contribution in [0.3, 0.4) is 0 Å². The summed E-state index contributed by atoms with van der Waals surface area (Å²) in [5, 5.41) is 10.7. The van der Waals surface area contributed by atoms with Crippen LogP contribution in [-0.2, 0) is 6.54 Å². The molecular weight excluding hydrogens is 245 g/mol. The lowest BCUT2D eigenvalue weighted by Crippen LogP contribution is -2.31. The van der Waals surface area contributed by atoms with Gasteiger partial charge in [-0.3, -0.25) is 4.90 Å². The molecule has 0 unspecified atom stereocenters. The van der Waals surface area contributed by atoms with Crippen molar-refractivity contribution in [2.45, 2.75) is 25.4 Å². The number of aliphatic hydroxyl groups is 1. The lowest BCUT2D eigenvalue weighted by atomic mass is 10.2. The van der Waals surface area contributed by atoms with Gasteiger partial charge in [0.15, 0.2) is 0 Å². The maximum Gasteiger partial charge on any atom is 0.0587 e. The van der Waals surface area contributed by atoms with Crippen LogP contribution >= 0.6 is 23.2 Å². The van der Waals surface area contributed by atoms with Gasteiger partial charge in [0.2, 0.25) is 0 Å². The summed E-state index contributed by atoms with van der Waals surface area (Å²) in [5.41, 5.74) is 0.964. The number of rotatable bonds is 3. The molecule has 1 N–H and O–H groups in total. The van der Waals surface area contributed by atoms with Crippen LogP contribution in [0, 0.1) is 0 Å². The molecule has 1 heterocycles. The molecule has 2 nitrogen and oxygen atoms in total. The third kappa shape index (κ3) is 2.51. The minimum atomic E-state index is 0.210. The van der Waals surface area contributed by atoms with Crippen LogP contribution in [0.25, 0.3) is 0 Å². The molecule has 1 aromatic rings. The average Bonchev–Trinajstić information content (AvgIpc) is 2.71. The molecular formula is C12H15Cl2NO. The van der Waals surface area contributed by atoms with Crippen LogP contribution < -0.4 is 0 Å². The summed E-state index contributed by atoms with van der Waals surface area (Å²) >= 11 is 12.3. The van der Waals surface area contributed by atoms with Gasteiger partial charge >= 0.3 is 0 Å². The van der Waals surface area contributed by atoms with E-state index >= 15 is 0 Å². The molecule has 0 amide bonds. The van der Waals surface area contributed by atoms with Gasteiger partial charge in [-0.25, -0.2) is 0 Å². The molecule has 1 aromatic carbocycles. The Morgan fingerprint density at radius 1 is 1.31 bits per heavy atom. The van der Waals surface area contributed by atoms with E-state index in [1.165, 1.54) is 0 Å². The van der Waals surface area contributed by atoms with E-state index in [2.05, 4.69) is 4.90 Å². The maximum absolute atomic E-state index is 9.25. The molecule has 88 valence electrons. The Hall–Kier alpha value is -0.280. The Bertz CT molecular complexity index is 350. The summed E-state index contributed by atoms with van der Waals surface area (Å²) < 4.78 is 0. The third-order valence-corrected chi connectivity index (χ3v) is 3.84. The fourth-order valence-corrected chi connectivity index (χ4v) is 2.71. The zero-order valence-electron chi connectivity index (χ0n) is 9.00. The first-order valence-electron chi connectivity index (χ1n) is 5.50. The van der Waals surface area contributed by atoms with E-state index in [0.29, 0.717) is 10.0 Å². The second-order valence-corrected chi connectivity index (χ2v) is 4.96. The van der Waals surface area contributed by atoms with E-state index in [1.54, 1.807) is 0 Å². The molecule has 1 fully saturated rings. The number of benzene rings is 1. The monoisotopic (exact) mass is 259 g/mol. The zero-order chi connectivity index (χ0) is 11.5. The predicted octanol–water partition coefficient (Wildman–Crippen LogP) is 2.95. The van der Waals surface area contributed by atoms with Crippen molar-refractivity contribution in [3.8, 4) is 0 Å². The van der Waals surface area contributed by atoms with E-state index in [4.69, 9.17) is 23.2 Å². The van der Waals surface area contributed by atoms with Crippen LogP contribution in [0.5, 0.6) is 0 Å². The minimum absolute atomic E-state index is 0.210. The topological polar surface area (TPSA) is 23.5 Å². The summed E-state index contributed by atoms with van der Waals surface area (Å²) in [6.07, 6.45) is 2.19. The molecule has 1 aliphatic rings. The van der Waals surface area contributed by atoms with Crippen LogP contribution in [0.1, 0.15) is 18.4 Å². The van der Waals surface area contributed by atoms with Crippen LogP contribution in [0.2, 0.25) is 10.0 Å². The first kappa shape index (κ1) is 12.2. The Morgan fingerprint density at radius 3 is 2.62 bits per heavy atom. The summed E-state index contributed by atoms with van der Waals surface area (Å²) in [4.78, 5) is 2.24. The molecule has 0 saturated carbocycles. The fraction of sp³-hybridized carbons (Fsp3) is 0.500. The van der Waals surface area contributed by atoms with Gasteiger partial charge in [-0.05, 0) is 31.5 Å². The van der Waals surface area contributed by atoms with E-state index in [0.717, 1.165) is 31.5 Å². The first-order chi connectivity index (χ1) is 7.72. The number of halogens is 2. The van der Waals surface area contributed by atoms with Gasteiger partial charge in [-0.15, -0.1) is 0 Å². The van der Waals surface area contributed by atoms with Gasteiger partial charge in [0.1, 0.15) is 0 Å². The molecule has 0 radical (unpaired) electrons. The summed E-state index contributed by atoms with van der Waals surface area (Å²) in [6.45, 7) is 1.94. The van der Waals surface area contributed by atoms with E-state index in [1.807, 2.05) is 18.2 Å². The quantitative estimate of drug-likeness (QED) is 0.903. The second-order valence-electron chi connectivity index (χ2n) is 4.15. The van der Waals surface area contributed by atoms with Crippen molar-refractivity contribution in [3.63, 3.8) is 0 Å². The normalized spacial score (nSPS) is 21.6. The van der Waals surface area contributed by atoms with Gasteiger partial charge in [0, 0.05) is 28.2 Å². The standard InChI is InChI=1S/C12H15Cl2NO/c13-11-4-1-5-12(14)10(11)7-15-6-2-3-9(15)8-16/h1,4-5,9,16H,2-3,6-8H2/t9-/m0/s1. The van der Waals surface area contributed by atoms with Gasteiger partial charge in [0.05, 0.1) is 6.61 Å². The number of nitrogens with zero attached hydrogens (tertiary/aromatic N) is 1. The Morgan fingerprint density at radius 2 is 2.00 bits per heavy atom. The summed E-state index contributed by atoms with van der Waals surface area (Å²) in [5.74, 6) is 0. The van der Waals surface area contributed by atoms with E-state index in [-0.39, 0.29) is 12.6 Å². The number of aliphatic hydroxyl groups excluding tert-OH is 1. The Kier molecular flexibility index (Phi) is 4.09. The first-order valence-corrected chi connectivity index (χ1v) is 6.25. The maximum atomic E-state index is 9.25. The van der Waals surface area contributed by atoms with Crippen molar-refractivity contribution >= 4 is 23.2 Å². The van der Waals surface area contributed by atoms with Crippen LogP contribution in [-0.4, -0.2) is 29.2 Å². The molecule has 2 rings (SSSR count). The molecule has 1 aliphatic heterocycles. The van der Waals surface area contributed by atoms with Gasteiger partial charge in [-0.2, -0.15) is 0 Å². The SMILES string of the molecule is OC[C@@H]1CCCN1Cc1c(Cl)cccc1Cl. The highest BCUT2D eigenvalue weighted by Gasteiger charge is 2.24. The molecule has 1 saturated heterocycles. The molecule has 1 atom stereocenters. The summed E-state index contributed by atoms with van der Waals surface area (Å²) in [6, 6.07) is 5.81. The largest absolute Gasteiger partial charge is 0.395 e. The van der Waals surface area contributed by atoms with Crippen molar-refractivity contribution < 1.29 is 5.11 Å². The van der Waals surface area contributed by atoms with E-state index in [9.17, 15) is 5.11 Å². The number of hydrogen-bond donors (Lipinski definition) is 1. The fourth-order valence-electron chi connectivity index (χ4n) is 2.20. The highest BCUT2D eigenvalue weighted by molar-refractivity contribution is 6.35. The highest BCUT2D eigenvalue weighted by atomic mass is 35.5. The van der Waals surface area contributed by atoms with Crippen LogP contribution in [0.4, 0.5) is 0 Å². The van der Waals surface area contributed by atoms with Crippen molar-refractivity contribution in [3.05, 3.63) is 33.8 Å². The van der Waals surface area contributed by atoms with Crippen molar-refractivity contribution in [1.29, 1.82) is 0 Å². The van der Waals surface area contributed by atoms with Crippen LogP contribution in [0.15, 0.2) is 18.2 Å².